The van der Waals surface area contributed by atoms with Crippen molar-refractivity contribution in [3.63, 3.8) is 0 Å². The molecule has 1 atom stereocenters. The smallest absolute Gasteiger partial charge is 0.325 e. The van der Waals surface area contributed by atoms with Crippen molar-refractivity contribution in [3.05, 3.63) is 0 Å². The zero-order valence-electron chi connectivity index (χ0n) is 11.0. The molecular weight excluding hydrogens is 278 g/mol. The van der Waals surface area contributed by atoms with Crippen LogP contribution in [0.3, 0.4) is 0 Å². The van der Waals surface area contributed by atoms with E-state index in [-0.39, 0.29) is 0 Å². The maximum atomic E-state index is 10.2. The molecule has 0 spiro atoms. The Morgan fingerprint density at radius 2 is 1.53 bits per heavy atom. The summed E-state index contributed by atoms with van der Waals surface area (Å²) in [4.78, 5) is 20.0. The second-order valence-corrected chi connectivity index (χ2v) is 5.29. The molecule has 8 nitrogen and oxygen atoms in total. The lowest BCUT2D eigenvalue weighted by Gasteiger charge is -2.04. The molecule has 0 bridgehead atoms. The number of aliphatic carboxylic acids is 2. The molecule has 0 aromatic carbocycles. The zero-order chi connectivity index (χ0) is 15.5. The van der Waals surface area contributed by atoms with Gasteiger partial charge in [0.15, 0.2) is 5.25 Å². The quantitative estimate of drug-likeness (QED) is 0.368. The summed E-state index contributed by atoms with van der Waals surface area (Å²) >= 11 is 0. The molecule has 0 aromatic rings. The van der Waals surface area contributed by atoms with Crippen LogP contribution in [0, 0.1) is 0 Å². The van der Waals surface area contributed by atoms with Crippen LogP contribution in [0.2, 0.25) is 0 Å². The maximum absolute atomic E-state index is 10.2. The fourth-order valence-electron chi connectivity index (χ4n) is 0.957. The van der Waals surface area contributed by atoms with Crippen LogP contribution in [0.5, 0.6) is 0 Å². The van der Waals surface area contributed by atoms with E-state index in [9.17, 15) is 18.0 Å². The van der Waals surface area contributed by atoms with Gasteiger partial charge in [0.1, 0.15) is 0 Å². The minimum atomic E-state index is -4.84. The molecule has 0 saturated carbocycles. The predicted octanol–water partition coefficient (Wildman–Crippen LogP) is 0.198. The van der Waals surface area contributed by atoms with Crippen molar-refractivity contribution >= 4 is 22.1 Å². The van der Waals surface area contributed by atoms with E-state index in [4.69, 9.17) is 14.8 Å². The molecule has 0 radical (unpaired) electrons. The van der Waals surface area contributed by atoms with Crippen molar-refractivity contribution in [3.8, 4) is 0 Å². The lowest BCUT2D eigenvalue weighted by Crippen LogP contribution is -2.31. The Bertz CT molecular complexity index is 362. The number of carboxylic acids is 2. The zero-order valence-corrected chi connectivity index (χ0v) is 11.8. The fraction of sp³-hybridized carbons (Fsp3) is 0.800. The number of carboxylic acid groups (broad SMARTS) is 2. The van der Waals surface area contributed by atoms with Gasteiger partial charge in [0.05, 0.1) is 6.42 Å². The Kier molecular flexibility index (Phi) is 11.3. The summed E-state index contributed by atoms with van der Waals surface area (Å²) in [5, 5.41) is 17.2. The highest BCUT2D eigenvalue weighted by Crippen LogP contribution is 2.04. The van der Waals surface area contributed by atoms with E-state index >= 15 is 0 Å². The minimum absolute atomic E-state index is 1.16. The summed E-state index contributed by atoms with van der Waals surface area (Å²) in [5.41, 5.74) is 0. The van der Waals surface area contributed by atoms with E-state index < -0.39 is 33.7 Å². The van der Waals surface area contributed by atoms with Crippen molar-refractivity contribution < 1.29 is 32.8 Å². The first-order chi connectivity index (χ1) is 8.66. The summed E-state index contributed by atoms with van der Waals surface area (Å²) < 4.78 is 28.7. The summed E-state index contributed by atoms with van der Waals surface area (Å²) in [7, 11) is -4.84. The molecule has 19 heavy (non-hydrogen) atoms. The Morgan fingerprint density at radius 1 is 1.11 bits per heavy atom. The average molecular weight is 299 g/mol. The average Bonchev–Trinajstić information content (AvgIpc) is 2.25. The number of carbonyl (C=O) groups is 2. The van der Waals surface area contributed by atoms with Crippen LogP contribution in [0.25, 0.3) is 0 Å². The number of hydrogen-bond donors (Lipinski definition) is 4. The van der Waals surface area contributed by atoms with Gasteiger partial charge in [0, 0.05) is 0 Å². The van der Waals surface area contributed by atoms with Gasteiger partial charge in [-0.15, -0.1) is 0 Å². The number of hydrogen-bond acceptors (Lipinski definition) is 5. The maximum Gasteiger partial charge on any atom is 0.325 e. The van der Waals surface area contributed by atoms with Gasteiger partial charge in [-0.2, -0.15) is 8.42 Å². The normalized spacial score (nSPS) is 12.2. The third-order valence-electron chi connectivity index (χ3n) is 1.85. The Balaban J connectivity index is 0. The largest absolute Gasteiger partial charge is 0.481 e. The monoisotopic (exact) mass is 299 g/mol. The molecule has 0 amide bonds. The van der Waals surface area contributed by atoms with Crippen molar-refractivity contribution in [1.29, 1.82) is 0 Å². The summed E-state index contributed by atoms with van der Waals surface area (Å²) in [6, 6.07) is 0. The van der Waals surface area contributed by atoms with Crippen molar-refractivity contribution in [2.75, 3.05) is 13.1 Å². The first-order valence-electron chi connectivity index (χ1n) is 5.78. The Hall–Kier alpha value is -1.19. The molecule has 0 aliphatic rings. The molecule has 0 heterocycles. The molecule has 0 saturated heterocycles. The van der Waals surface area contributed by atoms with E-state index in [1.54, 1.807) is 0 Å². The van der Waals surface area contributed by atoms with Crippen LogP contribution in [-0.2, 0) is 19.7 Å². The van der Waals surface area contributed by atoms with Crippen molar-refractivity contribution in [1.82, 2.24) is 5.32 Å². The standard InChI is InChI=1S/C6H15N.C4H6O7S/c1-3-5-7-6-4-2;5-3(6)1-2(4(7)8)12(9,10)11/h7H,3-6H2,1-2H3;2H,1H2,(H,5,6)(H,7,8)(H,9,10,11). The lowest BCUT2D eigenvalue weighted by molar-refractivity contribution is -0.143. The molecule has 4 N–H and O–H groups in total. The molecule has 0 aliphatic carbocycles. The molecule has 0 aliphatic heterocycles. The Morgan fingerprint density at radius 3 is 1.68 bits per heavy atom. The second-order valence-electron chi connectivity index (χ2n) is 3.69. The first kappa shape index (κ1) is 20.1. The highest BCUT2D eigenvalue weighted by Gasteiger charge is 2.33. The van der Waals surface area contributed by atoms with Gasteiger partial charge in [0.25, 0.3) is 10.1 Å². The summed E-state index contributed by atoms with van der Waals surface area (Å²) in [6.07, 6.45) is 1.34. The highest BCUT2D eigenvalue weighted by atomic mass is 32.2. The molecule has 0 fully saturated rings. The van der Waals surface area contributed by atoms with Gasteiger partial charge >= 0.3 is 11.9 Å². The van der Waals surface area contributed by atoms with Crippen molar-refractivity contribution in [2.45, 2.75) is 38.4 Å². The van der Waals surface area contributed by atoms with Crippen LogP contribution in [0.15, 0.2) is 0 Å². The van der Waals surface area contributed by atoms with Gasteiger partial charge in [-0.05, 0) is 25.9 Å². The van der Waals surface area contributed by atoms with Gasteiger partial charge in [-0.1, -0.05) is 13.8 Å². The van der Waals surface area contributed by atoms with E-state index in [0.29, 0.717) is 0 Å². The van der Waals surface area contributed by atoms with Crippen LogP contribution in [0.4, 0.5) is 0 Å². The fourth-order valence-corrected chi connectivity index (χ4v) is 1.57. The van der Waals surface area contributed by atoms with Crippen LogP contribution >= 0.6 is 0 Å². The highest BCUT2D eigenvalue weighted by molar-refractivity contribution is 7.87. The van der Waals surface area contributed by atoms with E-state index in [0.717, 1.165) is 0 Å². The van der Waals surface area contributed by atoms with Gasteiger partial charge in [-0.3, -0.25) is 14.1 Å². The Labute approximate surface area is 112 Å². The second kappa shape index (κ2) is 10.7. The van der Waals surface area contributed by atoms with E-state index in [2.05, 4.69) is 19.2 Å². The SMILES string of the molecule is CCCNCCC.O=C(O)CC(C(=O)O)S(=O)(=O)O. The molecule has 0 aromatic heterocycles. The lowest BCUT2D eigenvalue weighted by atomic mass is 10.3. The van der Waals surface area contributed by atoms with Crippen LogP contribution in [0.1, 0.15) is 33.1 Å². The van der Waals surface area contributed by atoms with Gasteiger partial charge < -0.3 is 15.5 Å². The first-order valence-corrected chi connectivity index (χ1v) is 7.28. The topological polar surface area (TPSA) is 141 Å². The van der Waals surface area contributed by atoms with Gasteiger partial charge in [-0.25, -0.2) is 0 Å². The third-order valence-corrected chi connectivity index (χ3v) is 2.94. The third kappa shape index (κ3) is 13.0. The molecule has 0 rings (SSSR count). The molecular formula is C10H21NO7S. The minimum Gasteiger partial charge on any atom is -0.481 e. The predicted molar refractivity (Wildman–Crippen MR) is 68.7 cm³/mol. The summed E-state index contributed by atoms with van der Waals surface area (Å²) in [5.74, 6) is -3.50. The number of nitrogens with one attached hydrogen (secondary N) is 1. The molecule has 1 unspecified atom stereocenters. The summed E-state index contributed by atoms with van der Waals surface area (Å²) in [6.45, 7) is 6.72. The van der Waals surface area contributed by atoms with Crippen molar-refractivity contribution in [2.24, 2.45) is 0 Å². The van der Waals surface area contributed by atoms with E-state index in [1.165, 1.54) is 25.9 Å². The number of rotatable bonds is 8. The van der Waals surface area contributed by atoms with E-state index in [1.807, 2.05) is 0 Å². The van der Waals surface area contributed by atoms with Gasteiger partial charge in [0.2, 0.25) is 0 Å². The van der Waals surface area contributed by atoms with Crippen LogP contribution in [-0.4, -0.2) is 53.5 Å². The molecule has 9 heteroatoms. The molecule has 114 valence electrons. The van der Waals surface area contributed by atoms with Crippen LogP contribution < -0.4 is 5.32 Å².